The Morgan fingerprint density at radius 3 is 3.08 bits per heavy atom. The van der Waals surface area contributed by atoms with Crippen LogP contribution in [-0.2, 0) is 4.79 Å². The first kappa shape index (κ1) is 9.11. The van der Waals surface area contributed by atoms with Crippen LogP contribution in [0.4, 0.5) is 10.6 Å². The number of urea groups is 1. The fourth-order valence-electron chi connectivity index (χ4n) is 0.663. The highest BCUT2D eigenvalue weighted by Gasteiger charge is 1.99. The number of carbonyl (C=O) groups excluding carboxylic acids is 2. The van der Waals surface area contributed by atoms with Gasteiger partial charge in [0.25, 0.3) is 0 Å². The maximum Gasteiger partial charge on any atom is 0.320 e. The second-order valence-corrected chi connectivity index (χ2v) is 2.11. The minimum absolute atomic E-state index is 0.0217. The lowest BCUT2D eigenvalue weighted by atomic mass is 10.5. The van der Waals surface area contributed by atoms with Gasteiger partial charge >= 0.3 is 6.03 Å². The lowest BCUT2D eigenvalue weighted by Gasteiger charge is -2.02. The normalized spacial score (nSPS) is 8.92. The van der Waals surface area contributed by atoms with Gasteiger partial charge in [-0.15, -0.1) is 5.10 Å². The van der Waals surface area contributed by atoms with Crippen LogP contribution in [0.2, 0.25) is 0 Å². The van der Waals surface area contributed by atoms with Crippen LogP contribution in [0.25, 0.3) is 0 Å². The highest BCUT2D eigenvalue weighted by molar-refractivity contribution is 5.89. The van der Waals surface area contributed by atoms with E-state index in [1.165, 1.54) is 6.20 Å². The lowest BCUT2D eigenvalue weighted by Crippen LogP contribution is -2.30. The molecular weight excluding hydrogens is 172 g/mol. The first-order valence-corrected chi connectivity index (χ1v) is 3.59. The van der Waals surface area contributed by atoms with Gasteiger partial charge in [-0.05, 0) is 12.1 Å². The highest BCUT2D eigenvalue weighted by atomic mass is 16.2. The van der Waals surface area contributed by atoms with Crippen molar-refractivity contribution in [2.24, 2.45) is 0 Å². The fraction of sp³-hybridized carbons (Fsp3) is 0.143. The molecule has 0 aliphatic rings. The van der Waals surface area contributed by atoms with Gasteiger partial charge in [0.1, 0.15) is 6.29 Å². The van der Waals surface area contributed by atoms with Gasteiger partial charge in [0, 0.05) is 6.20 Å². The number of hydrogen-bond acceptors (Lipinski definition) is 4. The molecule has 0 unspecified atom stereocenters. The van der Waals surface area contributed by atoms with E-state index in [2.05, 4.69) is 20.8 Å². The molecule has 0 saturated carbocycles. The molecule has 0 radical (unpaired) electrons. The maximum absolute atomic E-state index is 10.9. The average Bonchev–Trinajstić information content (AvgIpc) is 2.16. The number of nitrogens with one attached hydrogen (secondary N) is 2. The summed E-state index contributed by atoms with van der Waals surface area (Å²) >= 11 is 0. The number of rotatable bonds is 3. The fourth-order valence-corrected chi connectivity index (χ4v) is 0.663. The minimum atomic E-state index is -0.479. The van der Waals surface area contributed by atoms with Crippen LogP contribution < -0.4 is 10.6 Å². The van der Waals surface area contributed by atoms with Crippen molar-refractivity contribution < 1.29 is 9.59 Å². The predicted molar refractivity (Wildman–Crippen MR) is 45.1 cm³/mol. The molecule has 0 bridgehead atoms. The predicted octanol–water partition coefficient (Wildman–Crippen LogP) is -0.203. The van der Waals surface area contributed by atoms with E-state index in [0.717, 1.165) is 0 Å². The van der Waals surface area contributed by atoms with Crippen LogP contribution in [-0.4, -0.2) is 29.1 Å². The van der Waals surface area contributed by atoms with Crippen molar-refractivity contribution >= 4 is 18.1 Å². The first-order valence-electron chi connectivity index (χ1n) is 3.59. The average molecular weight is 180 g/mol. The van der Waals surface area contributed by atoms with E-state index in [1.54, 1.807) is 12.1 Å². The van der Waals surface area contributed by atoms with E-state index in [1.807, 2.05) is 0 Å². The summed E-state index contributed by atoms with van der Waals surface area (Å²) in [6.07, 6.45) is 2.09. The second kappa shape index (κ2) is 4.81. The van der Waals surface area contributed by atoms with Crippen LogP contribution in [0.5, 0.6) is 0 Å². The number of amides is 2. The molecule has 2 N–H and O–H groups in total. The summed E-state index contributed by atoms with van der Waals surface area (Å²) in [6, 6.07) is 2.75. The Balaban J connectivity index is 2.41. The zero-order valence-electron chi connectivity index (χ0n) is 6.73. The molecule has 0 fully saturated rings. The molecule has 0 spiro atoms. The zero-order chi connectivity index (χ0) is 9.52. The number of anilines is 1. The van der Waals surface area contributed by atoms with Crippen molar-refractivity contribution in [3.05, 3.63) is 18.3 Å². The highest BCUT2D eigenvalue weighted by Crippen LogP contribution is 1.96. The Kier molecular flexibility index (Phi) is 3.37. The summed E-state index contributed by atoms with van der Waals surface area (Å²) in [5.41, 5.74) is 0. The molecule has 1 heterocycles. The monoisotopic (exact) mass is 180 g/mol. The van der Waals surface area contributed by atoms with Crippen LogP contribution in [0, 0.1) is 0 Å². The molecule has 0 saturated heterocycles. The van der Waals surface area contributed by atoms with Gasteiger partial charge in [-0.25, -0.2) is 4.79 Å². The van der Waals surface area contributed by atoms with Gasteiger partial charge in [0.2, 0.25) is 0 Å². The molecule has 68 valence electrons. The Labute approximate surface area is 74.4 Å². The van der Waals surface area contributed by atoms with Crippen LogP contribution >= 0.6 is 0 Å². The molecule has 0 aliphatic carbocycles. The van der Waals surface area contributed by atoms with Crippen molar-refractivity contribution in [2.75, 3.05) is 11.9 Å². The van der Waals surface area contributed by atoms with E-state index < -0.39 is 6.03 Å². The Bertz CT molecular complexity index is 288. The molecule has 2 amide bonds. The number of nitrogens with zero attached hydrogens (tertiary/aromatic N) is 2. The summed E-state index contributed by atoms with van der Waals surface area (Å²) in [4.78, 5) is 20.8. The summed E-state index contributed by atoms with van der Waals surface area (Å²) in [5, 5.41) is 11.9. The van der Waals surface area contributed by atoms with E-state index in [0.29, 0.717) is 12.1 Å². The number of aldehydes is 1. The van der Waals surface area contributed by atoms with Crippen molar-refractivity contribution in [2.45, 2.75) is 0 Å². The van der Waals surface area contributed by atoms with Gasteiger partial charge in [-0.1, -0.05) is 0 Å². The molecule has 6 heteroatoms. The Morgan fingerprint density at radius 1 is 1.62 bits per heavy atom. The molecule has 6 nitrogen and oxygen atoms in total. The SMILES string of the molecule is O=CCNC(=O)Nc1cccnn1. The van der Waals surface area contributed by atoms with E-state index in [9.17, 15) is 9.59 Å². The largest absolute Gasteiger partial charge is 0.331 e. The van der Waals surface area contributed by atoms with Crippen LogP contribution in [0.1, 0.15) is 0 Å². The molecule has 1 rings (SSSR count). The summed E-state index contributed by atoms with van der Waals surface area (Å²) < 4.78 is 0. The lowest BCUT2D eigenvalue weighted by molar-refractivity contribution is -0.107. The standard InChI is InChI=1S/C7H8N4O2/c12-5-4-8-7(13)10-6-2-1-3-9-11-6/h1-3,5H,4H2,(H2,8,10,11,13). The van der Waals surface area contributed by atoms with Gasteiger partial charge in [0.05, 0.1) is 6.54 Å². The Hall–Kier alpha value is -1.98. The summed E-state index contributed by atoms with van der Waals surface area (Å²) in [7, 11) is 0. The van der Waals surface area contributed by atoms with Crippen molar-refractivity contribution in [3.8, 4) is 0 Å². The van der Waals surface area contributed by atoms with Crippen molar-refractivity contribution in [3.63, 3.8) is 0 Å². The third-order valence-corrected chi connectivity index (χ3v) is 1.16. The minimum Gasteiger partial charge on any atom is -0.331 e. The molecule has 0 aromatic carbocycles. The van der Waals surface area contributed by atoms with Gasteiger partial charge in [-0.3, -0.25) is 5.32 Å². The molecule has 0 atom stereocenters. The molecule has 1 aromatic heterocycles. The van der Waals surface area contributed by atoms with Crippen LogP contribution in [0.15, 0.2) is 18.3 Å². The number of carbonyl (C=O) groups is 2. The smallest absolute Gasteiger partial charge is 0.320 e. The van der Waals surface area contributed by atoms with E-state index >= 15 is 0 Å². The van der Waals surface area contributed by atoms with Gasteiger partial charge in [-0.2, -0.15) is 5.10 Å². The summed E-state index contributed by atoms with van der Waals surface area (Å²) in [6.45, 7) is -0.0217. The van der Waals surface area contributed by atoms with Crippen molar-refractivity contribution in [1.29, 1.82) is 0 Å². The number of aromatic nitrogens is 2. The van der Waals surface area contributed by atoms with E-state index in [-0.39, 0.29) is 6.54 Å². The molecular formula is C7H8N4O2. The second-order valence-electron chi connectivity index (χ2n) is 2.11. The zero-order valence-corrected chi connectivity index (χ0v) is 6.73. The molecule has 0 aliphatic heterocycles. The van der Waals surface area contributed by atoms with Crippen molar-refractivity contribution in [1.82, 2.24) is 15.5 Å². The van der Waals surface area contributed by atoms with Gasteiger partial charge in [0.15, 0.2) is 5.82 Å². The topological polar surface area (TPSA) is 84.0 Å². The first-order chi connectivity index (χ1) is 6.33. The quantitative estimate of drug-likeness (QED) is 0.631. The maximum atomic E-state index is 10.9. The summed E-state index contributed by atoms with van der Waals surface area (Å²) in [5.74, 6) is 0.339. The third kappa shape index (κ3) is 3.28. The molecule has 13 heavy (non-hydrogen) atoms. The Morgan fingerprint density at radius 2 is 2.46 bits per heavy atom. The van der Waals surface area contributed by atoms with Crippen LogP contribution in [0.3, 0.4) is 0 Å². The molecule has 1 aromatic rings. The van der Waals surface area contributed by atoms with E-state index in [4.69, 9.17) is 0 Å². The number of hydrogen-bond donors (Lipinski definition) is 2. The van der Waals surface area contributed by atoms with Gasteiger partial charge < -0.3 is 10.1 Å². The third-order valence-electron chi connectivity index (χ3n) is 1.16.